The zero-order chi connectivity index (χ0) is 20.5. The average Bonchev–Trinajstić information content (AvgIpc) is 3.16. The Balaban J connectivity index is 1.91. The number of carbonyl (C=O) groups is 1. The van der Waals surface area contributed by atoms with Crippen LogP contribution in [-0.2, 0) is 10.0 Å². The third-order valence-electron chi connectivity index (χ3n) is 4.43. The maximum Gasteiger partial charge on any atom is 0.267 e. The van der Waals surface area contributed by atoms with Gasteiger partial charge in [-0.2, -0.15) is 0 Å². The van der Waals surface area contributed by atoms with E-state index in [9.17, 15) is 13.2 Å². The van der Waals surface area contributed by atoms with Crippen molar-refractivity contribution < 1.29 is 13.2 Å². The summed E-state index contributed by atoms with van der Waals surface area (Å²) in [5, 5.41) is 4.85. The monoisotopic (exact) mass is 434 g/mol. The van der Waals surface area contributed by atoms with Crippen LogP contribution in [0, 0.1) is 13.8 Å². The molecule has 0 bridgehead atoms. The van der Waals surface area contributed by atoms with Crippen LogP contribution in [0.15, 0.2) is 58.8 Å². The average molecular weight is 435 g/mol. The van der Waals surface area contributed by atoms with E-state index in [1.165, 1.54) is 17.4 Å². The predicted octanol–water partition coefficient (Wildman–Crippen LogP) is 5.10. The summed E-state index contributed by atoms with van der Waals surface area (Å²) >= 11 is 6.93. The van der Waals surface area contributed by atoms with E-state index in [0.717, 1.165) is 22.5 Å². The summed E-state index contributed by atoms with van der Waals surface area (Å²) in [5.74, 6) is -0.482. The van der Waals surface area contributed by atoms with E-state index in [1.54, 1.807) is 35.7 Å². The highest BCUT2D eigenvalue weighted by molar-refractivity contribution is 7.93. The number of halogens is 1. The van der Waals surface area contributed by atoms with Crippen LogP contribution >= 0.6 is 22.9 Å². The van der Waals surface area contributed by atoms with Gasteiger partial charge in [0, 0.05) is 17.8 Å². The molecule has 1 heterocycles. The van der Waals surface area contributed by atoms with Crippen molar-refractivity contribution in [1.82, 2.24) is 0 Å². The molecule has 8 heteroatoms. The van der Waals surface area contributed by atoms with Gasteiger partial charge in [-0.1, -0.05) is 17.7 Å². The van der Waals surface area contributed by atoms with Crippen LogP contribution in [0.4, 0.5) is 11.4 Å². The molecule has 28 heavy (non-hydrogen) atoms. The fourth-order valence-corrected chi connectivity index (χ4v) is 5.20. The Kier molecular flexibility index (Phi) is 5.79. The molecule has 1 amide bonds. The maximum absolute atomic E-state index is 13.1. The van der Waals surface area contributed by atoms with E-state index in [0.29, 0.717) is 16.4 Å². The summed E-state index contributed by atoms with van der Waals surface area (Å²) in [7, 11) is -2.41. The molecule has 2 aromatic carbocycles. The minimum absolute atomic E-state index is 0.0234. The van der Waals surface area contributed by atoms with Gasteiger partial charge in [-0.25, -0.2) is 8.42 Å². The Morgan fingerprint density at radius 3 is 2.36 bits per heavy atom. The fourth-order valence-electron chi connectivity index (χ4n) is 2.60. The van der Waals surface area contributed by atoms with Crippen LogP contribution in [0.3, 0.4) is 0 Å². The molecule has 0 spiro atoms. The van der Waals surface area contributed by atoms with E-state index in [1.807, 2.05) is 26.0 Å². The highest BCUT2D eigenvalue weighted by atomic mass is 35.5. The SMILES string of the molecule is Cc1ccc(N(C)S(=O)(=O)c2ccsc2C(=O)Nc2ccc(Cl)cc2)cc1C. The first-order chi connectivity index (χ1) is 13.2. The molecule has 0 fully saturated rings. The molecule has 146 valence electrons. The quantitative estimate of drug-likeness (QED) is 0.607. The minimum Gasteiger partial charge on any atom is -0.321 e. The number of aryl methyl sites for hydroxylation is 2. The summed E-state index contributed by atoms with van der Waals surface area (Å²) in [6.07, 6.45) is 0. The van der Waals surface area contributed by atoms with E-state index in [-0.39, 0.29) is 9.77 Å². The van der Waals surface area contributed by atoms with Crippen molar-refractivity contribution in [3.05, 3.63) is 74.9 Å². The van der Waals surface area contributed by atoms with E-state index in [4.69, 9.17) is 11.6 Å². The number of sulfonamides is 1. The molecule has 5 nitrogen and oxygen atoms in total. The first-order valence-corrected chi connectivity index (χ1v) is 11.1. The van der Waals surface area contributed by atoms with Gasteiger partial charge in [0.15, 0.2) is 0 Å². The second kappa shape index (κ2) is 7.95. The topological polar surface area (TPSA) is 66.5 Å². The van der Waals surface area contributed by atoms with Crippen molar-refractivity contribution in [3.8, 4) is 0 Å². The largest absolute Gasteiger partial charge is 0.321 e. The van der Waals surface area contributed by atoms with E-state index in [2.05, 4.69) is 5.32 Å². The lowest BCUT2D eigenvalue weighted by Gasteiger charge is -2.20. The second-order valence-electron chi connectivity index (χ2n) is 6.32. The number of hydrogen-bond donors (Lipinski definition) is 1. The van der Waals surface area contributed by atoms with Gasteiger partial charge >= 0.3 is 0 Å². The molecule has 0 saturated heterocycles. The molecule has 3 aromatic rings. The smallest absolute Gasteiger partial charge is 0.267 e. The van der Waals surface area contributed by atoms with Gasteiger partial charge in [0.1, 0.15) is 9.77 Å². The van der Waals surface area contributed by atoms with Gasteiger partial charge in [0.2, 0.25) is 0 Å². The van der Waals surface area contributed by atoms with Gasteiger partial charge in [0.05, 0.1) is 5.69 Å². The Morgan fingerprint density at radius 2 is 1.71 bits per heavy atom. The number of thiophene rings is 1. The summed E-state index contributed by atoms with van der Waals surface area (Å²) in [6, 6.07) is 13.5. The van der Waals surface area contributed by atoms with E-state index >= 15 is 0 Å². The molecule has 3 rings (SSSR count). The summed E-state index contributed by atoms with van der Waals surface area (Å²) in [6.45, 7) is 3.89. The molecule has 1 N–H and O–H groups in total. The van der Waals surface area contributed by atoms with Gasteiger partial charge in [0.25, 0.3) is 15.9 Å². The first kappa shape index (κ1) is 20.4. The number of carbonyl (C=O) groups excluding carboxylic acids is 1. The van der Waals surface area contributed by atoms with Crippen molar-refractivity contribution in [3.63, 3.8) is 0 Å². The normalized spacial score (nSPS) is 11.3. The van der Waals surface area contributed by atoms with Gasteiger partial charge in [-0.3, -0.25) is 9.10 Å². The van der Waals surface area contributed by atoms with Crippen molar-refractivity contribution in [1.29, 1.82) is 0 Å². The lowest BCUT2D eigenvalue weighted by atomic mass is 10.1. The third kappa shape index (κ3) is 4.06. The van der Waals surface area contributed by atoms with Crippen molar-refractivity contribution >= 4 is 50.2 Å². The molecule has 0 saturated carbocycles. The minimum atomic E-state index is -3.89. The molecular formula is C20H19ClN2O3S2. The molecule has 0 aliphatic heterocycles. The number of nitrogens with zero attached hydrogens (tertiary/aromatic N) is 1. The summed E-state index contributed by atoms with van der Waals surface area (Å²) in [5.41, 5.74) is 3.14. The van der Waals surface area contributed by atoms with Crippen LogP contribution in [0.5, 0.6) is 0 Å². The van der Waals surface area contributed by atoms with Crippen molar-refractivity contribution in [2.45, 2.75) is 18.7 Å². The lowest BCUT2D eigenvalue weighted by molar-refractivity contribution is 0.102. The number of amides is 1. The number of anilines is 2. The number of rotatable bonds is 5. The molecule has 1 aromatic heterocycles. The Labute approximate surface area is 173 Å². The molecule has 0 unspecified atom stereocenters. The van der Waals surface area contributed by atoms with Crippen LogP contribution in [0.25, 0.3) is 0 Å². The van der Waals surface area contributed by atoms with Crippen LogP contribution < -0.4 is 9.62 Å². The number of hydrogen-bond acceptors (Lipinski definition) is 4. The van der Waals surface area contributed by atoms with Gasteiger partial charge in [-0.15, -0.1) is 11.3 Å². The third-order valence-corrected chi connectivity index (χ3v) is 7.55. The van der Waals surface area contributed by atoms with Gasteiger partial charge in [-0.05, 0) is 72.8 Å². The lowest BCUT2D eigenvalue weighted by Crippen LogP contribution is -2.28. The number of benzene rings is 2. The first-order valence-electron chi connectivity index (χ1n) is 8.41. The molecular weight excluding hydrogens is 416 g/mol. The zero-order valence-electron chi connectivity index (χ0n) is 15.6. The zero-order valence-corrected chi connectivity index (χ0v) is 18.0. The Bertz CT molecular complexity index is 1120. The van der Waals surface area contributed by atoms with Crippen LogP contribution in [-0.4, -0.2) is 21.4 Å². The fraction of sp³-hybridized carbons (Fsp3) is 0.150. The highest BCUT2D eigenvalue weighted by Gasteiger charge is 2.28. The highest BCUT2D eigenvalue weighted by Crippen LogP contribution is 2.29. The summed E-state index contributed by atoms with van der Waals surface area (Å²) in [4.78, 5) is 12.8. The van der Waals surface area contributed by atoms with Crippen molar-refractivity contribution in [2.24, 2.45) is 0 Å². The number of nitrogens with one attached hydrogen (secondary N) is 1. The Hall–Kier alpha value is -2.35. The molecule has 0 aliphatic carbocycles. The van der Waals surface area contributed by atoms with Crippen LogP contribution in [0.1, 0.15) is 20.8 Å². The van der Waals surface area contributed by atoms with Crippen molar-refractivity contribution in [2.75, 3.05) is 16.7 Å². The predicted molar refractivity (Wildman–Crippen MR) is 115 cm³/mol. The maximum atomic E-state index is 13.1. The van der Waals surface area contributed by atoms with Gasteiger partial charge < -0.3 is 5.32 Å². The molecule has 0 aliphatic rings. The van der Waals surface area contributed by atoms with Crippen LogP contribution in [0.2, 0.25) is 5.02 Å². The molecule has 0 radical (unpaired) electrons. The second-order valence-corrected chi connectivity index (χ2v) is 9.61. The Morgan fingerprint density at radius 1 is 1.04 bits per heavy atom. The molecule has 0 atom stereocenters. The summed E-state index contributed by atoms with van der Waals surface area (Å²) < 4.78 is 27.5. The van der Waals surface area contributed by atoms with E-state index < -0.39 is 15.9 Å². The standard InChI is InChI=1S/C20H19ClN2O3S2/c1-13-4-9-17(12-14(13)2)23(3)28(25,26)18-10-11-27-19(18)20(24)22-16-7-5-15(21)6-8-16/h4-12H,1-3H3,(H,22,24).